The lowest BCUT2D eigenvalue weighted by Gasteiger charge is -1.98. The Hall–Kier alpha value is -0.0100. The van der Waals surface area contributed by atoms with Crippen LogP contribution in [-0.4, -0.2) is 19.0 Å². The van der Waals surface area contributed by atoms with Crippen LogP contribution in [0.3, 0.4) is 0 Å². The van der Waals surface area contributed by atoms with Gasteiger partial charge in [-0.3, -0.25) is 0 Å². The van der Waals surface area contributed by atoms with Gasteiger partial charge >= 0.3 is 0 Å². The molecule has 11 heavy (non-hydrogen) atoms. The van der Waals surface area contributed by atoms with Crippen LogP contribution in [-0.2, 0) is 0 Å². The third-order valence-corrected chi connectivity index (χ3v) is 1.65. The molecule has 0 atom stereocenters. The minimum Gasteiger partial charge on any atom is -0.313 e. The molecule has 0 radical (unpaired) electrons. The molecule has 0 spiro atoms. The molecule has 0 bridgehead atoms. The molecule has 1 nitrogen and oxygen atoms in total. The van der Waals surface area contributed by atoms with Gasteiger partial charge in [-0.15, -0.1) is 11.6 Å². The van der Waals surface area contributed by atoms with Crippen molar-refractivity contribution in [3.05, 3.63) is 12.2 Å². The van der Waals surface area contributed by atoms with E-state index < -0.39 is 0 Å². The molecule has 0 fully saturated rings. The predicted octanol–water partition coefficient (Wildman–Crippen LogP) is 2.56. The van der Waals surface area contributed by atoms with E-state index in [1.165, 1.54) is 19.3 Å². The first-order valence-corrected chi connectivity index (χ1v) is 4.87. The van der Waals surface area contributed by atoms with Crippen LogP contribution in [0.1, 0.15) is 26.2 Å². The third-order valence-electron chi connectivity index (χ3n) is 1.48. The molecule has 0 aliphatic carbocycles. The topological polar surface area (TPSA) is 12.0 Å². The number of allylic oxidation sites excluding steroid dienone is 1. The number of rotatable bonds is 7. The standard InChI is InChI=1S/C9H18ClN/c1-2-3-5-8-11-9-6-4-7-10/h4,6,11H,2-3,5,7-9H2,1H3/b6-4+. The summed E-state index contributed by atoms with van der Waals surface area (Å²) in [4.78, 5) is 0. The fraction of sp³-hybridized carbons (Fsp3) is 0.778. The lowest BCUT2D eigenvalue weighted by molar-refractivity contribution is 0.646. The fourth-order valence-corrected chi connectivity index (χ4v) is 0.958. The quantitative estimate of drug-likeness (QED) is 0.356. The van der Waals surface area contributed by atoms with Crippen molar-refractivity contribution in [3.63, 3.8) is 0 Å². The number of hydrogen-bond donors (Lipinski definition) is 1. The molecular formula is C9H18ClN. The normalized spacial score (nSPS) is 11.1. The summed E-state index contributed by atoms with van der Waals surface area (Å²) in [7, 11) is 0. The van der Waals surface area contributed by atoms with Crippen LogP contribution in [0.15, 0.2) is 12.2 Å². The van der Waals surface area contributed by atoms with Gasteiger partial charge < -0.3 is 5.32 Å². The Morgan fingerprint density at radius 2 is 2.09 bits per heavy atom. The van der Waals surface area contributed by atoms with Gasteiger partial charge in [-0.2, -0.15) is 0 Å². The molecule has 0 unspecified atom stereocenters. The van der Waals surface area contributed by atoms with Gasteiger partial charge in [0.2, 0.25) is 0 Å². The minimum atomic E-state index is 0.622. The second kappa shape index (κ2) is 9.99. The molecule has 0 aromatic heterocycles. The first kappa shape index (κ1) is 11.0. The van der Waals surface area contributed by atoms with Gasteiger partial charge in [-0.25, -0.2) is 0 Å². The van der Waals surface area contributed by atoms with E-state index in [-0.39, 0.29) is 0 Å². The average Bonchev–Trinajstić information content (AvgIpc) is 2.03. The fourth-order valence-electron chi connectivity index (χ4n) is 0.832. The van der Waals surface area contributed by atoms with E-state index in [0.717, 1.165) is 13.1 Å². The second-order valence-electron chi connectivity index (χ2n) is 2.54. The second-order valence-corrected chi connectivity index (χ2v) is 2.85. The average molecular weight is 176 g/mol. The van der Waals surface area contributed by atoms with E-state index in [2.05, 4.69) is 18.3 Å². The van der Waals surface area contributed by atoms with Crippen molar-refractivity contribution in [3.8, 4) is 0 Å². The molecule has 0 rings (SSSR count). The van der Waals surface area contributed by atoms with E-state index in [9.17, 15) is 0 Å². The van der Waals surface area contributed by atoms with Crippen LogP contribution in [0.4, 0.5) is 0 Å². The molecule has 0 amide bonds. The van der Waals surface area contributed by atoms with E-state index in [4.69, 9.17) is 11.6 Å². The number of hydrogen-bond acceptors (Lipinski definition) is 1. The van der Waals surface area contributed by atoms with Crippen molar-refractivity contribution in [2.45, 2.75) is 26.2 Å². The molecule has 0 aliphatic rings. The molecule has 0 saturated carbocycles. The first-order valence-electron chi connectivity index (χ1n) is 4.33. The molecule has 0 aromatic rings. The molecule has 0 heterocycles. The summed E-state index contributed by atoms with van der Waals surface area (Å²) in [5.41, 5.74) is 0. The van der Waals surface area contributed by atoms with Crippen molar-refractivity contribution in [2.75, 3.05) is 19.0 Å². The van der Waals surface area contributed by atoms with Gasteiger partial charge in [-0.05, 0) is 13.0 Å². The summed E-state index contributed by atoms with van der Waals surface area (Å²) in [6, 6.07) is 0. The molecular weight excluding hydrogens is 158 g/mol. The summed E-state index contributed by atoms with van der Waals surface area (Å²) >= 11 is 5.45. The highest BCUT2D eigenvalue weighted by Crippen LogP contribution is 1.90. The van der Waals surface area contributed by atoms with Crippen LogP contribution in [0, 0.1) is 0 Å². The number of alkyl halides is 1. The van der Waals surface area contributed by atoms with E-state index >= 15 is 0 Å². The SMILES string of the molecule is CCCCCNC/C=C/CCl. The van der Waals surface area contributed by atoms with Crippen LogP contribution in [0.25, 0.3) is 0 Å². The highest BCUT2D eigenvalue weighted by Gasteiger charge is 1.83. The predicted molar refractivity (Wildman–Crippen MR) is 52.3 cm³/mol. The Bertz CT molecular complexity index is 91.6. The largest absolute Gasteiger partial charge is 0.313 e. The monoisotopic (exact) mass is 175 g/mol. The van der Waals surface area contributed by atoms with Crippen molar-refractivity contribution < 1.29 is 0 Å². The minimum absolute atomic E-state index is 0.622. The number of halogens is 1. The first-order chi connectivity index (χ1) is 5.41. The van der Waals surface area contributed by atoms with Crippen molar-refractivity contribution >= 4 is 11.6 Å². The summed E-state index contributed by atoms with van der Waals surface area (Å²) in [5.74, 6) is 0.622. The Morgan fingerprint density at radius 3 is 2.73 bits per heavy atom. The zero-order chi connectivity index (χ0) is 8.36. The number of nitrogens with one attached hydrogen (secondary N) is 1. The zero-order valence-corrected chi connectivity index (χ0v) is 8.03. The van der Waals surface area contributed by atoms with Gasteiger partial charge in [0.05, 0.1) is 0 Å². The highest BCUT2D eigenvalue weighted by atomic mass is 35.5. The Morgan fingerprint density at radius 1 is 1.27 bits per heavy atom. The lowest BCUT2D eigenvalue weighted by Crippen LogP contribution is -2.14. The van der Waals surface area contributed by atoms with Gasteiger partial charge in [0.1, 0.15) is 0 Å². The summed E-state index contributed by atoms with van der Waals surface area (Å²) in [6.07, 6.45) is 7.93. The van der Waals surface area contributed by atoms with Gasteiger partial charge in [0, 0.05) is 12.4 Å². The van der Waals surface area contributed by atoms with Crippen LogP contribution < -0.4 is 5.32 Å². The molecule has 0 saturated heterocycles. The molecule has 0 aromatic carbocycles. The molecule has 2 heteroatoms. The third kappa shape index (κ3) is 9.99. The van der Waals surface area contributed by atoms with Gasteiger partial charge in [0.25, 0.3) is 0 Å². The molecule has 66 valence electrons. The van der Waals surface area contributed by atoms with E-state index in [1.54, 1.807) is 0 Å². The van der Waals surface area contributed by atoms with Gasteiger partial charge in [-0.1, -0.05) is 31.9 Å². The van der Waals surface area contributed by atoms with Crippen molar-refractivity contribution in [1.82, 2.24) is 5.32 Å². The maximum atomic E-state index is 5.45. The van der Waals surface area contributed by atoms with Crippen LogP contribution >= 0.6 is 11.6 Å². The smallest absolute Gasteiger partial charge is 0.0404 e. The lowest BCUT2D eigenvalue weighted by atomic mass is 10.2. The van der Waals surface area contributed by atoms with Crippen LogP contribution in [0.5, 0.6) is 0 Å². The Kier molecular flexibility index (Phi) is 9.98. The summed E-state index contributed by atoms with van der Waals surface area (Å²) < 4.78 is 0. The van der Waals surface area contributed by atoms with Crippen LogP contribution in [0.2, 0.25) is 0 Å². The Balaban J connectivity index is 2.85. The van der Waals surface area contributed by atoms with Crippen molar-refractivity contribution in [2.24, 2.45) is 0 Å². The summed E-state index contributed by atoms with van der Waals surface area (Å²) in [6.45, 7) is 4.30. The summed E-state index contributed by atoms with van der Waals surface area (Å²) in [5, 5.41) is 3.31. The zero-order valence-electron chi connectivity index (χ0n) is 7.28. The maximum absolute atomic E-state index is 5.45. The van der Waals surface area contributed by atoms with Gasteiger partial charge in [0.15, 0.2) is 0 Å². The maximum Gasteiger partial charge on any atom is 0.0404 e. The number of unbranched alkanes of at least 4 members (excludes halogenated alkanes) is 2. The highest BCUT2D eigenvalue weighted by molar-refractivity contribution is 6.18. The van der Waals surface area contributed by atoms with Crippen molar-refractivity contribution in [1.29, 1.82) is 0 Å². The molecule has 1 N–H and O–H groups in total. The molecule has 0 aliphatic heterocycles. The van der Waals surface area contributed by atoms with E-state index in [0.29, 0.717) is 5.88 Å². The Labute approximate surface area is 74.8 Å². The van der Waals surface area contributed by atoms with E-state index in [1.807, 2.05) is 6.08 Å².